The maximum Gasteiger partial charge on any atom is 0.109 e. The lowest BCUT2D eigenvalue weighted by molar-refractivity contribution is 0.142. The maximum atomic E-state index is 4.99. The molecule has 1 aliphatic rings. The zero-order valence-corrected chi connectivity index (χ0v) is 9.08. The van der Waals surface area contributed by atoms with Gasteiger partial charge < -0.3 is 7.97 Å². The summed E-state index contributed by atoms with van der Waals surface area (Å²) < 4.78 is 4.99. The number of hydrogen-bond acceptors (Lipinski definition) is 3. The van der Waals surface area contributed by atoms with Crippen molar-refractivity contribution in [2.75, 3.05) is 46.4 Å². The second-order valence-electron chi connectivity index (χ2n) is 2.96. The lowest BCUT2D eigenvalue weighted by Gasteiger charge is -2.31. The van der Waals surface area contributed by atoms with Gasteiger partial charge in [0.2, 0.25) is 0 Å². The zero-order valence-electron chi connectivity index (χ0n) is 6.92. The Bertz CT molecular complexity index is 102. The van der Waals surface area contributed by atoms with E-state index in [1.807, 2.05) is 23.0 Å². The van der Waals surface area contributed by atoms with Crippen LogP contribution in [0.1, 0.15) is 0 Å². The Balaban J connectivity index is 2.07. The Hall–Kier alpha value is 0.610. The quantitative estimate of drug-likeness (QED) is 0.698. The summed E-state index contributed by atoms with van der Waals surface area (Å²) in [6.07, 6.45) is 0. The molecule has 1 aliphatic heterocycles. The number of halogens is 1. The highest BCUT2D eigenvalue weighted by molar-refractivity contribution is 14.1. The van der Waals surface area contributed by atoms with Gasteiger partial charge in [0.05, 0.1) is 6.61 Å². The van der Waals surface area contributed by atoms with Crippen LogP contribution < -0.4 is 0 Å². The Kier molecular flexibility index (Phi) is 4.66. The fourth-order valence-electron chi connectivity index (χ4n) is 1.24. The Morgan fingerprint density at radius 1 is 1.27 bits per heavy atom. The first-order valence-electron chi connectivity index (χ1n) is 3.97. The highest BCUT2D eigenvalue weighted by atomic mass is 127. The van der Waals surface area contributed by atoms with Crippen LogP contribution in [0.5, 0.6) is 0 Å². The zero-order chi connectivity index (χ0) is 8.10. The van der Waals surface area contributed by atoms with Gasteiger partial charge in [0.15, 0.2) is 0 Å². The van der Waals surface area contributed by atoms with E-state index in [2.05, 4.69) is 16.8 Å². The number of likely N-dealkylation sites (N-methyl/N-ethyl adjacent to an activating group) is 1. The molecular weight excluding hydrogens is 255 g/mol. The van der Waals surface area contributed by atoms with Crippen LogP contribution in [-0.2, 0) is 3.07 Å². The van der Waals surface area contributed by atoms with E-state index in [1.54, 1.807) is 0 Å². The van der Waals surface area contributed by atoms with Crippen molar-refractivity contribution in [3.8, 4) is 0 Å². The van der Waals surface area contributed by atoms with E-state index in [0.29, 0.717) is 0 Å². The van der Waals surface area contributed by atoms with Crippen LogP contribution >= 0.6 is 23.0 Å². The van der Waals surface area contributed by atoms with Gasteiger partial charge in [0, 0.05) is 32.7 Å². The normalized spacial score (nSPS) is 22.4. The van der Waals surface area contributed by atoms with Crippen LogP contribution in [0.4, 0.5) is 0 Å². The van der Waals surface area contributed by atoms with Gasteiger partial charge in [-0.25, -0.2) is 0 Å². The van der Waals surface area contributed by atoms with Gasteiger partial charge in [0.25, 0.3) is 0 Å². The Morgan fingerprint density at radius 2 is 1.91 bits per heavy atom. The molecule has 3 nitrogen and oxygen atoms in total. The minimum Gasteiger partial charge on any atom is -0.314 e. The second kappa shape index (κ2) is 5.29. The van der Waals surface area contributed by atoms with Gasteiger partial charge in [-0.15, -0.1) is 0 Å². The van der Waals surface area contributed by atoms with Crippen molar-refractivity contribution < 1.29 is 3.07 Å². The third kappa shape index (κ3) is 3.68. The molecule has 66 valence electrons. The van der Waals surface area contributed by atoms with E-state index in [1.165, 1.54) is 26.2 Å². The Labute approximate surface area is 82.4 Å². The monoisotopic (exact) mass is 270 g/mol. The molecule has 0 N–H and O–H groups in total. The third-order valence-corrected chi connectivity index (χ3v) is 2.52. The molecule has 1 fully saturated rings. The Morgan fingerprint density at radius 3 is 2.45 bits per heavy atom. The van der Waals surface area contributed by atoms with E-state index >= 15 is 0 Å². The molecule has 0 aromatic carbocycles. The highest BCUT2D eigenvalue weighted by Crippen LogP contribution is 1.98. The van der Waals surface area contributed by atoms with E-state index < -0.39 is 0 Å². The largest absolute Gasteiger partial charge is 0.314 e. The highest BCUT2D eigenvalue weighted by Gasteiger charge is 2.12. The number of rotatable bonds is 3. The lowest BCUT2D eigenvalue weighted by Crippen LogP contribution is -2.45. The molecular formula is C7H15IN2O. The standard InChI is InChI=1S/C7H15IN2O/c1-9-2-4-10(5-3-9)6-7-11-8/h2-7H2,1H3. The van der Waals surface area contributed by atoms with Gasteiger partial charge in [-0.1, -0.05) is 0 Å². The van der Waals surface area contributed by atoms with Gasteiger partial charge >= 0.3 is 0 Å². The summed E-state index contributed by atoms with van der Waals surface area (Å²) in [5.41, 5.74) is 0. The van der Waals surface area contributed by atoms with Gasteiger partial charge in [-0.05, 0) is 7.05 Å². The number of piperazine rings is 1. The van der Waals surface area contributed by atoms with Gasteiger partial charge in [-0.2, -0.15) is 0 Å². The van der Waals surface area contributed by atoms with Crippen molar-refractivity contribution in [2.45, 2.75) is 0 Å². The SMILES string of the molecule is CN1CCN(CCOI)CC1. The van der Waals surface area contributed by atoms with Crippen molar-refractivity contribution in [3.63, 3.8) is 0 Å². The van der Waals surface area contributed by atoms with Crippen LogP contribution in [-0.4, -0.2) is 56.2 Å². The summed E-state index contributed by atoms with van der Waals surface area (Å²) in [7, 11) is 2.17. The average molecular weight is 270 g/mol. The van der Waals surface area contributed by atoms with E-state index in [9.17, 15) is 0 Å². The summed E-state index contributed by atoms with van der Waals surface area (Å²) in [5, 5.41) is 0. The van der Waals surface area contributed by atoms with Gasteiger partial charge in [-0.3, -0.25) is 4.90 Å². The fourth-order valence-corrected chi connectivity index (χ4v) is 1.43. The fraction of sp³-hybridized carbons (Fsp3) is 1.00. The molecule has 1 saturated heterocycles. The first-order valence-corrected chi connectivity index (χ1v) is 4.85. The van der Waals surface area contributed by atoms with E-state index in [0.717, 1.165) is 13.2 Å². The molecule has 0 amide bonds. The van der Waals surface area contributed by atoms with Crippen molar-refractivity contribution >= 4 is 23.0 Å². The predicted molar refractivity (Wildman–Crippen MR) is 53.9 cm³/mol. The number of hydrogen-bond donors (Lipinski definition) is 0. The summed E-state index contributed by atoms with van der Waals surface area (Å²) in [6, 6.07) is 0. The van der Waals surface area contributed by atoms with Crippen LogP contribution in [0.3, 0.4) is 0 Å². The summed E-state index contributed by atoms with van der Waals surface area (Å²) in [4.78, 5) is 4.81. The lowest BCUT2D eigenvalue weighted by atomic mass is 10.3. The first-order chi connectivity index (χ1) is 5.33. The molecule has 1 heterocycles. The molecule has 1 rings (SSSR count). The van der Waals surface area contributed by atoms with Gasteiger partial charge in [0.1, 0.15) is 23.0 Å². The molecule has 0 aromatic heterocycles. The molecule has 0 saturated carbocycles. The molecule has 0 unspecified atom stereocenters. The second-order valence-corrected chi connectivity index (χ2v) is 3.58. The molecule has 0 spiro atoms. The predicted octanol–water partition coefficient (Wildman–Crippen LogP) is 0.600. The summed E-state index contributed by atoms with van der Waals surface area (Å²) >= 11 is 1.95. The first kappa shape index (κ1) is 9.70. The number of nitrogens with zero attached hydrogens (tertiary/aromatic N) is 2. The molecule has 0 atom stereocenters. The smallest absolute Gasteiger partial charge is 0.109 e. The van der Waals surface area contributed by atoms with Crippen molar-refractivity contribution in [3.05, 3.63) is 0 Å². The van der Waals surface area contributed by atoms with E-state index in [-0.39, 0.29) is 0 Å². The molecule has 0 bridgehead atoms. The van der Waals surface area contributed by atoms with Crippen LogP contribution in [0.25, 0.3) is 0 Å². The van der Waals surface area contributed by atoms with Crippen molar-refractivity contribution in [1.29, 1.82) is 0 Å². The molecule has 0 radical (unpaired) electrons. The molecule has 0 aliphatic carbocycles. The van der Waals surface area contributed by atoms with Crippen LogP contribution in [0, 0.1) is 0 Å². The molecule has 11 heavy (non-hydrogen) atoms. The van der Waals surface area contributed by atoms with E-state index in [4.69, 9.17) is 3.07 Å². The topological polar surface area (TPSA) is 15.7 Å². The van der Waals surface area contributed by atoms with Crippen LogP contribution in [0.2, 0.25) is 0 Å². The minimum atomic E-state index is 0.851. The third-order valence-electron chi connectivity index (χ3n) is 2.08. The van der Waals surface area contributed by atoms with Crippen LogP contribution in [0.15, 0.2) is 0 Å². The van der Waals surface area contributed by atoms with Crippen molar-refractivity contribution in [1.82, 2.24) is 9.80 Å². The molecule has 4 heteroatoms. The van der Waals surface area contributed by atoms with Crippen molar-refractivity contribution in [2.24, 2.45) is 0 Å². The maximum absolute atomic E-state index is 4.99. The minimum absolute atomic E-state index is 0.851. The summed E-state index contributed by atoms with van der Waals surface area (Å²) in [5.74, 6) is 0. The summed E-state index contributed by atoms with van der Waals surface area (Å²) in [6.45, 7) is 6.70. The molecule has 0 aromatic rings. The average Bonchev–Trinajstić information content (AvgIpc) is 2.04.